The Morgan fingerprint density at radius 2 is 2.20 bits per heavy atom. The molecule has 0 unspecified atom stereocenters. The van der Waals surface area contributed by atoms with Crippen LogP contribution in [0, 0.1) is 13.8 Å². The van der Waals surface area contributed by atoms with Crippen molar-refractivity contribution in [2.24, 2.45) is 0 Å². The number of hydrogen-bond acceptors (Lipinski definition) is 6. The maximum absolute atomic E-state index is 12.4. The number of likely N-dealkylation sites (tertiary alicyclic amines) is 1. The third kappa shape index (κ3) is 2.65. The second-order valence-electron chi connectivity index (χ2n) is 6.24. The van der Waals surface area contributed by atoms with Gasteiger partial charge in [-0.15, -0.1) is 5.10 Å². The summed E-state index contributed by atoms with van der Waals surface area (Å²) < 4.78 is 6.63. The Morgan fingerprint density at radius 3 is 2.84 bits per heavy atom. The zero-order chi connectivity index (χ0) is 17.6. The molecule has 1 saturated heterocycles. The molecule has 0 aromatic carbocycles. The fourth-order valence-corrected chi connectivity index (χ4v) is 2.90. The van der Waals surface area contributed by atoms with Gasteiger partial charge in [-0.25, -0.2) is 4.68 Å². The van der Waals surface area contributed by atoms with Crippen molar-refractivity contribution < 1.29 is 9.32 Å². The Bertz CT molecular complexity index is 973. The molecular formula is C15H17N7O3. The Labute approximate surface area is 141 Å². The van der Waals surface area contributed by atoms with Gasteiger partial charge in [-0.2, -0.15) is 10.3 Å². The molecule has 10 nitrogen and oxygen atoms in total. The molecule has 25 heavy (non-hydrogen) atoms. The number of rotatable bonds is 4. The van der Waals surface area contributed by atoms with Crippen molar-refractivity contribution >= 4 is 5.91 Å². The Hall–Kier alpha value is -3.17. The first-order chi connectivity index (χ1) is 12.0. The standard InChI is InChI=1S/C15H17N7O3/c1-8-3-16-17-11(8)6-22-7-12(18-20-22)10-4-21(5-10)15(24)13-9(2)25-19-14(13)23/h3,7,10H,4-6H2,1-2H3,(H,16,17)(H,19,23). The molecule has 1 fully saturated rings. The Balaban J connectivity index is 1.40. The van der Waals surface area contributed by atoms with E-state index in [4.69, 9.17) is 4.52 Å². The number of carbonyl (C=O) groups excluding carboxylic acids is 1. The molecule has 0 aliphatic carbocycles. The second-order valence-corrected chi connectivity index (χ2v) is 6.24. The molecule has 0 radical (unpaired) electrons. The zero-order valence-corrected chi connectivity index (χ0v) is 13.8. The van der Waals surface area contributed by atoms with Crippen LogP contribution in [-0.2, 0) is 6.54 Å². The molecule has 2 N–H and O–H groups in total. The molecule has 0 bridgehead atoms. The quantitative estimate of drug-likeness (QED) is 0.696. The van der Waals surface area contributed by atoms with E-state index >= 15 is 0 Å². The van der Waals surface area contributed by atoms with Crippen molar-refractivity contribution in [1.29, 1.82) is 0 Å². The first-order valence-corrected chi connectivity index (χ1v) is 7.89. The van der Waals surface area contributed by atoms with Crippen LogP contribution in [0.1, 0.15) is 39.0 Å². The molecule has 0 saturated carbocycles. The SMILES string of the molecule is Cc1cn[nH]c1Cn1cc(C2CN(C(=O)c3c(C)o[nH]c3=O)C2)nn1. The predicted molar refractivity (Wildman–Crippen MR) is 85.2 cm³/mol. The lowest BCUT2D eigenvalue weighted by atomic mass is 9.96. The van der Waals surface area contributed by atoms with Crippen LogP contribution in [0.5, 0.6) is 0 Å². The molecule has 3 aromatic rings. The average molecular weight is 343 g/mol. The van der Waals surface area contributed by atoms with E-state index in [1.165, 1.54) is 0 Å². The highest BCUT2D eigenvalue weighted by atomic mass is 16.5. The molecule has 4 heterocycles. The van der Waals surface area contributed by atoms with Gasteiger partial charge < -0.3 is 9.42 Å². The largest absolute Gasteiger partial charge is 0.383 e. The number of aryl methyl sites for hydroxylation is 2. The number of hydrogen-bond donors (Lipinski definition) is 2. The first-order valence-electron chi connectivity index (χ1n) is 7.89. The minimum Gasteiger partial charge on any atom is -0.383 e. The van der Waals surface area contributed by atoms with Gasteiger partial charge in [-0.1, -0.05) is 5.21 Å². The van der Waals surface area contributed by atoms with Crippen LogP contribution < -0.4 is 5.56 Å². The molecule has 0 spiro atoms. The first kappa shape index (κ1) is 15.4. The van der Waals surface area contributed by atoms with E-state index in [-0.39, 0.29) is 17.4 Å². The summed E-state index contributed by atoms with van der Waals surface area (Å²) in [6.45, 7) is 5.14. The van der Waals surface area contributed by atoms with Gasteiger partial charge in [0.25, 0.3) is 11.5 Å². The van der Waals surface area contributed by atoms with Gasteiger partial charge in [0.2, 0.25) is 0 Å². The van der Waals surface area contributed by atoms with Crippen molar-refractivity contribution in [3.8, 4) is 0 Å². The Morgan fingerprint density at radius 1 is 1.40 bits per heavy atom. The summed E-state index contributed by atoms with van der Waals surface area (Å²) >= 11 is 0. The van der Waals surface area contributed by atoms with Crippen LogP contribution in [0.25, 0.3) is 0 Å². The van der Waals surface area contributed by atoms with Crippen molar-refractivity contribution in [2.75, 3.05) is 13.1 Å². The third-order valence-corrected chi connectivity index (χ3v) is 4.49. The number of aromatic amines is 2. The summed E-state index contributed by atoms with van der Waals surface area (Å²) in [5, 5.41) is 17.4. The number of H-pyrrole nitrogens is 2. The normalized spacial score (nSPS) is 14.7. The Kier molecular flexibility index (Phi) is 3.52. The van der Waals surface area contributed by atoms with E-state index in [0.29, 0.717) is 25.4 Å². The monoisotopic (exact) mass is 343 g/mol. The number of aromatic nitrogens is 6. The third-order valence-electron chi connectivity index (χ3n) is 4.49. The van der Waals surface area contributed by atoms with Crippen molar-refractivity contribution in [2.45, 2.75) is 26.3 Å². The molecule has 1 aliphatic rings. The molecular weight excluding hydrogens is 326 g/mol. The van der Waals surface area contributed by atoms with Crippen LogP contribution in [-0.4, -0.2) is 54.2 Å². The van der Waals surface area contributed by atoms with Crippen LogP contribution in [0.3, 0.4) is 0 Å². The van der Waals surface area contributed by atoms with E-state index in [0.717, 1.165) is 17.0 Å². The van der Waals surface area contributed by atoms with Crippen LogP contribution in [0.15, 0.2) is 21.7 Å². The summed E-state index contributed by atoms with van der Waals surface area (Å²) in [5.74, 6) is 0.107. The minimum atomic E-state index is -0.494. The van der Waals surface area contributed by atoms with Crippen molar-refractivity contribution in [1.82, 2.24) is 35.2 Å². The molecule has 4 rings (SSSR count). The summed E-state index contributed by atoms with van der Waals surface area (Å²) in [4.78, 5) is 25.6. The summed E-state index contributed by atoms with van der Waals surface area (Å²) in [6.07, 6.45) is 3.64. The summed E-state index contributed by atoms with van der Waals surface area (Å²) in [6, 6.07) is 0. The van der Waals surface area contributed by atoms with Gasteiger partial charge in [-0.3, -0.25) is 14.7 Å². The highest BCUT2D eigenvalue weighted by Gasteiger charge is 2.36. The van der Waals surface area contributed by atoms with E-state index in [1.54, 1.807) is 22.7 Å². The fraction of sp³-hybridized carbons (Fsp3) is 0.400. The smallest absolute Gasteiger partial charge is 0.293 e. The topological polar surface area (TPSA) is 126 Å². The number of nitrogens with zero attached hydrogens (tertiary/aromatic N) is 5. The minimum absolute atomic E-state index is 0.0665. The van der Waals surface area contributed by atoms with Gasteiger partial charge in [0, 0.05) is 25.2 Å². The maximum Gasteiger partial charge on any atom is 0.293 e. The van der Waals surface area contributed by atoms with E-state index < -0.39 is 5.56 Å². The zero-order valence-electron chi connectivity index (χ0n) is 13.8. The van der Waals surface area contributed by atoms with Gasteiger partial charge in [-0.05, 0) is 19.4 Å². The fourth-order valence-electron chi connectivity index (χ4n) is 2.90. The van der Waals surface area contributed by atoms with Crippen molar-refractivity contribution in [3.63, 3.8) is 0 Å². The second kappa shape index (κ2) is 5.72. The van der Waals surface area contributed by atoms with Gasteiger partial charge in [0.1, 0.15) is 11.3 Å². The van der Waals surface area contributed by atoms with Gasteiger partial charge in [0.05, 0.1) is 24.1 Å². The molecule has 1 aliphatic heterocycles. The molecule has 1 amide bonds. The van der Waals surface area contributed by atoms with Crippen LogP contribution >= 0.6 is 0 Å². The molecule has 0 atom stereocenters. The number of amides is 1. The van der Waals surface area contributed by atoms with Crippen LogP contribution in [0.4, 0.5) is 0 Å². The molecule has 130 valence electrons. The lowest BCUT2D eigenvalue weighted by molar-refractivity contribution is 0.0595. The van der Waals surface area contributed by atoms with Crippen LogP contribution in [0.2, 0.25) is 0 Å². The number of carbonyl (C=O) groups is 1. The highest BCUT2D eigenvalue weighted by Crippen LogP contribution is 2.26. The maximum atomic E-state index is 12.4. The summed E-state index contributed by atoms with van der Waals surface area (Å²) in [7, 11) is 0. The lowest BCUT2D eigenvalue weighted by Gasteiger charge is -2.37. The van der Waals surface area contributed by atoms with E-state index in [9.17, 15) is 9.59 Å². The number of nitrogens with one attached hydrogen (secondary N) is 2. The van der Waals surface area contributed by atoms with Gasteiger partial charge >= 0.3 is 0 Å². The predicted octanol–water partition coefficient (Wildman–Crippen LogP) is 0.187. The molecule has 10 heteroatoms. The van der Waals surface area contributed by atoms with Gasteiger partial charge in [0.15, 0.2) is 0 Å². The average Bonchev–Trinajstić information content (AvgIpc) is 3.22. The van der Waals surface area contributed by atoms with E-state index in [2.05, 4.69) is 25.7 Å². The van der Waals surface area contributed by atoms with Crippen molar-refractivity contribution in [3.05, 3.63) is 51.0 Å². The van der Waals surface area contributed by atoms with E-state index in [1.807, 2.05) is 13.1 Å². The summed E-state index contributed by atoms with van der Waals surface area (Å²) in [5.41, 5.74) is 2.46. The molecule has 3 aromatic heterocycles. The highest BCUT2D eigenvalue weighted by molar-refractivity contribution is 5.95. The lowest BCUT2D eigenvalue weighted by Crippen LogP contribution is -2.49.